The van der Waals surface area contributed by atoms with E-state index in [2.05, 4.69) is 9.68 Å². The summed E-state index contributed by atoms with van der Waals surface area (Å²) in [6.45, 7) is 0. The average molecular weight is 230 g/mol. The fourth-order valence-electron chi connectivity index (χ4n) is 0.989. The minimum atomic E-state index is -2.42. The number of aromatic nitrogens is 1. The number of hydrogen-bond donors (Lipinski definition) is 0. The normalized spacial score (nSPS) is 18.0. The quantitative estimate of drug-likeness (QED) is 0.455. The summed E-state index contributed by atoms with van der Waals surface area (Å²) in [5.74, 6) is 0.304. The van der Waals surface area contributed by atoms with Gasteiger partial charge in [0.25, 0.3) is 0 Å². The number of halogens is 1. The Morgan fingerprint density at radius 3 is 2.62 bits per heavy atom. The van der Waals surface area contributed by atoms with Crippen molar-refractivity contribution < 1.29 is 42.8 Å². The number of rotatable bonds is 2. The Labute approximate surface area is 105 Å². The second-order valence-corrected chi connectivity index (χ2v) is 3.90. The summed E-state index contributed by atoms with van der Waals surface area (Å²) in [6, 6.07) is 0. The maximum absolute atomic E-state index is 10.5. The molecule has 0 radical (unpaired) electrons. The third-order valence-electron chi connectivity index (χ3n) is 1.75. The third kappa shape index (κ3) is 2.34. The van der Waals surface area contributed by atoms with E-state index in [0.717, 1.165) is 12.8 Å². The van der Waals surface area contributed by atoms with Gasteiger partial charge in [-0.25, -0.2) is 0 Å². The maximum Gasteiger partial charge on any atom is 1.00 e. The van der Waals surface area contributed by atoms with Gasteiger partial charge < -0.3 is 9.08 Å². The molecule has 1 aliphatic rings. The van der Waals surface area contributed by atoms with Gasteiger partial charge in [-0.3, -0.25) is 4.21 Å². The van der Waals surface area contributed by atoms with Gasteiger partial charge in [-0.1, -0.05) is 16.8 Å². The summed E-state index contributed by atoms with van der Waals surface area (Å²) in [5, 5.41) is 3.49. The molecule has 0 amide bonds. The first-order chi connectivity index (χ1) is 5.70. The van der Waals surface area contributed by atoms with Crippen LogP contribution in [-0.4, -0.2) is 13.9 Å². The molecule has 66 valence electrons. The van der Waals surface area contributed by atoms with Crippen molar-refractivity contribution in [3.63, 3.8) is 0 Å². The van der Waals surface area contributed by atoms with Gasteiger partial charge in [0.05, 0.1) is 0 Å². The van der Waals surface area contributed by atoms with Crippen LogP contribution < -0.4 is 29.6 Å². The van der Waals surface area contributed by atoms with Crippen LogP contribution in [0, 0.1) is 0 Å². The van der Waals surface area contributed by atoms with E-state index in [0.29, 0.717) is 11.6 Å². The standard InChI is InChI=1S/C6H6ClNO3S.Na/c7-4-5(3-1-2-3)8-11-6(4)12(9)10;/h3H,1-2H2,(H,9,10);/q;+1/p-1. The summed E-state index contributed by atoms with van der Waals surface area (Å²) in [4.78, 5) is 0. The fraction of sp³-hybridized carbons (Fsp3) is 0.500. The van der Waals surface area contributed by atoms with Gasteiger partial charge in [-0.05, 0) is 12.8 Å². The first kappa shape index (κ1) is 11.7. The van der Waals surface area contributed by atoms with Gasteiger partial charge in [-0.15, -0.1) is 0 Å². The molecule has 1 aromatic heterocycles. The van der Waals surface area contributed by atoms with Gasteiger partial charge in [0.15, 0.2) is 0 Å². The molecule has 1 atom stereocenters. The molecule has 0 spiro atoms. The summed E-state index contributed by atoms with van der Waals surface area (Å²) in [7, 11) is 0. The molecule has 1 fully saturated rings. The summed E-state index contributed by atoms with van der Waals surface area (Å²) in [6.07, 6.45) is 2.02. The van der Waals surface area contributed by atoms with E-state index >= 15 is 0 Å². The molecule has 1 unspecified atom stereocenters. The largest absolute Gasteiger partial charge is 1.00 e. The van der Waals surface area contributed by atoms with Crippen LogP contribution in [0.1, 0.15) is 24.5 Å². The molecule has 7 heteroatoms. The smallest absolute Gasteiger partial charge is 0.766 e. The van der Waals surface area contributed by atoms with Crippen molar-refractivity contribution in [2.24, 2.45) is 0 Å². The Hall–Kier alpha value is 0.610. The van der Waals surface area contributed by atoms with Gasteiger partial charge >= 0.3 is 29.6 Å². The summed E-state index contributed by atoms with van der Waals surface area (Å²) < 4.78 is 25.5. The van der Waals surface area contributed by atoms with Crippen molar-refractivity contribution >= 4 is 22.7 Å². The molecule has 0 N–H and O–H groups in total. The van der Waals surface area contributed by atoms with Gasteiger partial charge in [0, 0.05) is 17.0 Å². The van der Waals surface area contributed by atoms with Crippen LogP contribution in [0.3, 0.4) is 0 Å². The van der Waals surface area contributed by atoms with Crippen LogP contribution in [0.5, 0.6) is 0 Å². The van der Waals surface area contributed by atoms with Crippen molar-refractivity contribution in [2.45, 2.75) is 23.9 Å². The predicted octanol–water partition coefficient (Wildman–Crippen LogP) is -1.55. The van der Waals surface area contributed by atoms with Crippen molar-refractivity contribution in [3.05, 3.63) is 10.7 Å². The Balaban J connectivity index is 0.000000845. The Kier molecular flexibility index (Phi) is 3.97. The van der Waals surface area contributed by atoms with Crippen LogP contribution in [0.2, 0.25) is 5.02 Å². The van der Waals surface area contributed by atoms with Crippen molar-refractivity contribution in [1.82, 2.24) is 5.16 Å². The van der Waals surface area contributed by atoms with E-state index in [9.17, 15) is 8.76 Å². The van der Waals surface area contributed by atoms with Gasteiger partial charge in [0.1, 0.15) is 10.7 Å². The molecule has 0 saturated heterocycles. The molecule has 2 rings (SSSR count). The van der Waals surface area contributed by atoms with E-state index in [1.165, 1.54) is 0 Å². The SMILES string of the molecule is O=S([O-])c1onc(C2CC2)c1Cl.[Na+]. The minimum Gasteiger partial charge on any atom is -0.766 e. The topological polar surface area (TPSA) is 66.2 Å². The van der Waals surface area contributed by atoms with Crippen molar-refractivity contribution in [3.8, 4) is 0 Å². The molecule has 0 aromatic carbocycles. The minimum absolute atomic E-state index is 0. The molecule has 1 heterocycles. The van der Waals surface area contributed by atoms with E-state index in [-0.39, 0.29) is 39.7 Å². The summed E-state index contributed by atoms with van der Waals surface area (Å²) in [5.41, 5.74) is 0.580. The molecular weight excluding hydrogens is 225 g/mol. The maximum atomic E-state index is 10.5. The predicted molar refractivity (Wildman–Crippen MR) is 40.7 cm³/mol. The van der Waals surface area contributed by atoms with E-state index in [1.807, 2.05) is 0 Å². The molecule has 13 heavy (non-hydrogen) atoms. The molecule has 0 bridgehead atoms. The van der Waals surface area contributed by atoms with E-state index in [1.54, 1.807) is 0 Å². The second-order valence-electron chi connectivity index (χ2n) is 2.68. The molecule has 1 aromatic rings. The van der Waals surface area contributed by atoms with Crippen molar-refractivity contribution in [2.75, 3.05) is 0 Å². The first-order valence-electron chi connectivity index (χ1n) is 3.44. The van der Waals surface area contributed by atoms with Crippen LogP contribution in [0.25, 0.3) is 0 Å². The van der Waals surface area contributed by atoms with Crippen LogP contribution in [0.15, 0.2) is 9.62 Å². The molecule has 4 nitrogen and oxygen atoms in total. The van der Waals surface area contributed by atoms with Crippen LogP contribution in [0.4, 0.5) is 0 Å². The Bertz CT molecular complexity index is 339. The first-order valence-corrected chi connectivity index (χ1v) is 4.89. The zero-order valence-corrected chi connectivity index (χ0v) is 10.5. The Morgan fingerprint density at radius 1 is 1.62 bits per heavy atom. The molecule has 1 saturated carbocycles. The van der Waals surface area contributed by atoms with Crippen LogP contribution >= 0.6 is 11.6 Å². The zero-order valence-electron chi connectivity index (χ0n) is 6.95. The average Bonchev–Trinajstić information content (AvgIpc) is 2.75. The van der Waals surface area contributed by atoms with Crippen LogP contribution in [-0.2, 0) is 11.1 Å². The summed E-state index contributed by atoms with van der Waals surface area (Å²) >= 11 is 3.29. The zero-order chi connectivity index (χ0) is 8.72. The van der Waals surface area contributed by atoms with Crippen molar-refractivity contribution in [1.29, 1.82) is 0 Å². The van der Waals surface area contributed by atoms with E-state index in [4.69, 9.17) is 11.6 Å². The van der Waals surface area contributed by atoms with E-state index < -0.39 is 11.1 Å². The molecule has 1 aliphatic carbocycles. The third-order valence-corrected chi connectivity index (χ3v) is 2.81. The van der Waals surface area contributed by atoms with Gasteiger partial charge in [-0.2, -0.15) is 0 Å². The number of hydrogen-bond acceptors (Lipinski definition) is 4. The number of nitrogens with zero attached hydrogens (tertiary/aromatic N) is 1. The second kappa shape index (κ2) is 4.42. The molecule has 0 aliphatic heterocycles. The fourth-order valence-corrected chi connectivity index (χ4v) is 1.75. The monoisotopic (exact) mass is 229 g/mol. The van der Waals surface area contributed by atoms with Gasteiger partial charge in [0.2, 0.25) is 5.09 Å². The Morgan fingerprint density at radius 2 is 2.23 bits per heavy atom. The molecular formula is C6H5ClNNaO3S.